The smallest absolute Gasteiger partial charge is 0.333 e. The largest absolute Gasteiger partial charge is 0.466 e. The Morgan fingerprint density at radius 2 is 2.07 bits per heavy atom. The number of carbonyl (C=O) groups excluding carboxylic acids is 1. The number of allylic oxidation sites excluding steroid dienone is 2. The van der Waals surface area contributed by atoms with Gasteiger partial charge in [-0.1, -0.05) is 18.2 Å². The van der Waals surface area contributed by atoms with E-state index in [0.29, 0.717) is 5.57 Å². The molecular formula is C11H18O4. The van der Waals surface area contributed by atoms with Gasteiger partial charge in [-0.15, -0.1) is 0 Å². The van der Waals surface area contributed by atoms with E-state index in [9.17, 15) is 15.0 Å². The molecule has 0 bridgehead atoms. The molecule has 0 aliphatic carbocycles. The number of esters is 1. The Balaban J connectivity index is 4.50. The van der Waals surface area contributed by atoms with Gasteiger partial charge in [0.05, 0.1) is 13.2 Å². The summed E-state index contributed by atoms with van der Waals surface area (Å²) in [6, 6.07) is 0. The average Bonchev–Trinajstić information content (AvgIpc) is 2.15. The van der Waals surface area contributed by atoms with Gasteiger partial charge in [-0.05, 0) is 20.8 Å². The van der Waals surface area contributed by atoms with Crippen molar-refractivity contribution in [3.63, 3.8) is 0 Å². The third-order valence-electron chi connectivity index (χ3n) is 2.13. The van der Waals surface area contributed by atoms with Crippen molar-refractivity contribution >= 4 is 5.97 Å². The first kappa shape index (κ1) is 13.9. The van der Waals surface area contributed by atoms with Gasteiger partial charge in [0.15, 0.2) is 0 Å². The lowest BCUT2D eigenvalue weighted by Gasteiger charge is -2.21. The molecule has 4 heteroatoms. The van der Waals surface area contributed by atoms with Crippen LogP contribution in [-0.4, -0.2) is 35.0 Å². The number of aliphatic hydroxyl groups is 2. The number of aliphatic hydroxyl groups excluding tert-OH is 1. The Hall–Kier alpha value is -1.13. The van der Waals surface area contributed by atoms with Crippen molar-refractivity contribution in [2.75, 3.05) is 7.11 Å². The summed E-state index contributed by atoms with van der Waals surface area (Å²) in [6.45, 7) is 4.57. The van der Waals surface area contributed by atoms with E-state index in [1.807, 2.05) is 0 Å². The fraction of sp³-hybridized carbons (Fsp3) is 0.545. The first-order valence-corrected chi connectivity index (χ1v) is 4.66. The van der Waals surface area contributed by atoms with Gasteiger partial charge in [0, 0.05) is 5.57 Å². The minimum Gasteiger partial charge on any atom is -0.466 e. The molecule has 0 aliphatic heterocycles. The van der Waals surface area contributed by atoms with Gasteiger partial charge in [0.2, 0.25) is 0 Å². The Kier molecular flexibility index (Phi) is 5.25. The first-order chi connectivity index (χ1) is 6.81. The van der Waals surface area contributed by atoms with Crippen molar-refractivity contribution < 1.29 is 19.7 Å². The zero-order chi connectivity index (χ0) is 12.1. The highest BCUT2D eigenvalue weighted by Crippen LogP contribution is 2.11. The molecule has 4 nitrogen and oxygen atoms in total. The molecule has 0 amide bonds. The maximum atomic E-state index is 11.0. The molecule has 0 spiro atoms. The lowest BCUT2D eigenvalue weighted by atomic mass is 10.00. The van der Waals surface area contributed by atoms with Gasteiger partial charge in [-0.25, -0.2) is 4.79 Å². The van der Waals surface area contributed by atoms with Crippen LogP contribution >= 0.6 is 0 Å². The van der Waals surface area contributed by atoms with E-state index < -0.39 is 17.7 Å². The number of hydrogen-bond donors (Lipinski definition) is 2. The molecule has 0 fully saturated rings. The second-order valence-electron chi connectivity index (χ2n) is 3.60. The molecule has 0 aromatic heterocycles. The van der Waals surface area contributed by atoms with Crippen LogP contribution in [0, 0.1) is 0 Å². The third kappa shape index (κ3) is 4.76. The molecule has 0 aromatic carbocycles. The molecular weight excluding hydrogens is 196 g/mol. The van der Waals surface area contributed by atoms with E-state index in [-0.39, 0.29) is 0 Å². The molecule has 0 rings (SSSR count). The van der Waals surface area contributed by atoms with Crippen LogP contribution in [0.5, 0.6) is 0 Å². The molecule has 2 atom stereocenters. The van der Waals surface area contributed by atoms with E-state index in [1.54, 1.807) is 6.92 Å². The van der Waals surface area contributed by atoms with Crippen LogP contribution in [-0.2, 0) is 9.53 Å². The van der Waals surface area contributed by atoms with Gasteiger partial charge in [0.1, 0.15) is 5.60 Å². The number of ether oxygens (including phenoxy) is 1. The fourth-order valence-corrected chi connectivity index (χ4v) is 0.756. The number of carbonyl (C=O) groups is 1. The van der Waals surface area contributed by atoms with E-state index in [2.05, 4.69) is 4.74 Å². The van der Waals surface area contributed by atoms with E-state index in [0.717, 1.165) is 0 Å². The molecule has 2 N–H and O–H groups in total. The minimum absolute atomic E-state index is 0.420. The fourth-order valence-electron chi connectivity index (χ4n) is 0.756. The summed E-state index contributed by atoms with van der Waals surface area (Å²) in [5.74, 6) is -0.420. The maximum absolute atomic E-state index is 11.0. The van der Waals surface area contributed by atoms with Crippen molar-refractivity contribution in [1.29, 1.82) is 0 Å². The summed E-state index contributed by atoms with van der Waals surface area (Å²) in [6.07, 6.45) is 3.58. The number of methoxy groups -OCH3 is 1. The van der Waals surface area contributed by atoms with E-state index in [4.69, 9.17) is 0 Å². The first-order valence-electron chi connectivity index (χ1n) is 4.66. The minimum atomic E-state index is -1.30. The standard InChI is InChI=1S/C11H18O4/c1-8(10(13)15-4)6-5-7-11(3,14)9(2)12/h5-7,9,12,14H,1-4H3/b7-5+,8-6+/t9-,11-/m0/s1. The van der Waals surface area contributed by atoms with Crippen molar-refractivity contribution in [2.24, 2.45) is 0 Å². The second kappa shape index (κ2) is 5.68. The maximum Gasteiger partial charge on any atom is 0.333 e. The van der Waals surface area contributed by atoms with Crippen LogP contribution in [0.3, 0.4) is 0 Å². The number of rotatable bonds is 4. The van der Waals surface area contributed by atoms with Crippen molar-refractivity contribution in [3.05, 3.63) is 23.8 Å². The molecule has 0 heterocycles. The highest BCUT2D eigenvalue weighted by molar-refractivity contribution is 5.87. The van der Waals surface area contributed by atoms with Crippen LogP contribution in [0.1, 0.15) is 20.8 Å². The SMILES string of the molecule is COC(=O)/C(C)=C/C=C/[C@](C)(O)[C@H](C)O. The monoisotopic (exact) mass is 214 g/mol. The molecule has 15 heavy (non-hydrogen) atoms. The van der Waals surface area contributed by atoms with Crippen LogP contribution in [0.15, 0.2) is 23.8 Å². The normalized spacial score (nSPS) is 18.7. The Morgan fingerprint density at radius 1 is 1.53 bits per heavy atom. The number of hydrogen-bond acceptors (Lipinski definition) is 4. The van der Waals surface area contributed by atoms with Gasteiger partial charge in [-0.3, -0.25) is 0 Å². The van der Waals surface area contributed by atoms with Gasteiger partial charge >= 0.3 is 5.97 Å². The topological polar surface area (TPSA) is 66.8 Å². The van der Waals surface area contributed by atoms with Crippen molar-refractivity contribution in [2.45, 2.75) is 32.5 Å². The quantitative estimate of drug-likeness (QED) is 0.412. The summed E-state index contributed by atoms with van der Waals surface area (Å²) in [7, 11) is 1.30. The van der Waals surface area contributed by atoms with Gasteiger partial charge < -0.3 is 14.9 Å². The van der Waals surface area contributed by atoms with Gasteiger partial charge in [0.25, 0.3) is 0 Å². The summed E-state index contributed by atoms with van der Waals surface area (Å²) in [5, 5.41) is 18.8. The highest BCUT2D eigenvalue weighted by atomic mass is 16.5. The predicted molar refractivity (Wildman–Crippen MR) is 57.2 cm³/mol. The average molecular weight is 214 g/mol. The van der Waals surface area contributed by atoms with Crippen LogP contribution in [0.2, 0.25) is 0 Å². The lowest BCUT2D eigenvalue weighted by Crippen LogP contribution is -2.34. The zero-order valence-corrected chi connectivity index (χ0v) is 9.52. The molecule has 86 valence electrons. The van der Waals surface area contributed by atoms with E-state index >= 15 is 0 Å². The summed E-state index contributed by atoms with van der Waals surface area (Å²) in [4.78, 5) is 11.0. The Bertz CT molecular complexity index is 274. The predicted octanol–water partition coefficient (Wildman–Crippen LogP) is 0.794. The summed E-state index contributed by atoms with van der Waals surface area (Å²) >= 11 is 0. The van der Waals surface area contributed by atoms with E-state index in [1.165, 1.54) is 39.2 Å². The Morgan fingerprint density at radius 3 is 2.47 bits per heavy atom. The van der Waals surface area contributed by atoms with Crippen LogP contribution < -0.4 is 0 Å². The van der Waals surface area contributed by atoms with Crippen molar-refractivity contribution in [3.8, 4) is 0 Å². The molecule has 0 aromatic rings. The van der Waals surface area contributed by atoms with Crippen LogP contribution in [0.4, 0.5) is 0 Å². The molecule has 0 saturated heterocycles. The molecule has 0 aliphatic rings. The second-order valence-corrected chi connectivity index (χ2v) is 3.60. The highest BCUT2D eigenvalue weighted by Gasteiger charge is 2.22. The van der Waals surface area contributed by atoms with Gasteiger partial charge in [-0.2, -0.15) is 0 Å². The third-order valence-corrected chi connectivity index (χ3v) is 2.13. The molecule has 0 radical (unpaired) electrons. The summed E-state index contributed by atoms with van der Waals surface area (Å²) in [5.41, 5.74) is -0.873. The summed E-state index contributed by atoms with van der Waals surface area (Å²) < 4.78 is 4.49. The van der Waals surface area contributed by atoms with Crippen LogP contribution in [0.25, 0.3) is 0 Å². The Labute approximate surface area is 89.9 Å². The van der Waals surface area contributed by atoms with Crippen molar-refractivity contribution in [1.82, 2.24) is 0 Å². The molecule has 0 saturated carbocycles. The molecule has 0 unspecified atom stereocenters. The lowest BCUT2D eigenvalue weighted by molar-refractivity contribution is -0.136. The zero-order valence-electron chi connectivity index (χ0n) is 9.52.